The van der Waals surface area contributed by atoms with Crippen LogP contribution in [0.25, 0.3) is 0 Å². The van der Waals surface area contributed by atoms with Crippen LogP contribution in [0.3, 0.4) is 0 Å². The normalized spacial score (nSPS) is 13.2. The molecule has 0 spiro atoms. The predicted molar refractivity (Wildman–Crippen MR) is 43.9 cm³/mol. The second-order valence-corrected chi connectivity index (χ2v) is 2.81. The molecule has 0 radical (unpaired) electrons. The minimum atomic E-state index is -0.416. The van der Waals surface area contributed by atoms with Crippen LogP contribution in [0.5, 0.6) is 0 Å². The quantitative estimate of drug-likeness (QED) is 0.515. The molecule has 12 heavy (non-hydrogen) atoms. The van der Waals surface area contributed by atoms with Gasteiger partial charge in [-0.25, -0.2) is 24.4 Å². The summed E-state index contributed by atoms with van der Waals surface area (Å²) in [6.45, 7) is 2.68. The highest BCUT2D eigenvalue weighted by Crippen LogP contribution is 1.91. The number of H-pyrrole nitrogens is 2. The Kier molecular flexibility index (Phi) is 2.49. The molecule has 0 aliphatic rings. The monoisotopic (exact) mass is 172 g/mol. The van der Waals surface area contributed by atoms with E-state index < -0.39 is 11.4 Å². The Balaban J connectivity index is 2.88. The van der Waals surface area contributed by atoms with Crippen LogP contribution in [0, 0.1) is 5.92 Å². The van der Waals surface area contributed by atoms with E-state index in [2.05, 4.69) is 10.2 Å². The molecule has 0 saturated carbocycles. The first-order valence-electron chi connectivity index (χ1n) is 3.72. The minimum absolute atomic E-state index is 0.125. The molecule has 1 aromatic rings. The molecule has 1 unspecified atom stereocenters. The van der Waals surface area contributed by atoms with E-state index in [1.165, 1.54) is 0 Å². The number of nitrogens with zero attached hydrogens (tertiary/aromatic N) is 1. The maximum Gasteiger partial charge on any atom is 0.344 e. The predicted octanol–water partition coefficient (Wildman–Crippen LogP) is -1.54. The number of aromatic nitrogens is 3. The van der Waals surface area contributed by atoms with Crippen LogP contribution in [0.2, 0.25) is 0 Å². The lowest BCUT2D eigenvalue weighted by atomic mass is 10.2. The molecule has 0 amide bonds. The van der Waals surface area contributed by atoms with Crippen molar-refractivity contribution in [2.24, 2.45) is 11.7 Å². The number of rotatable bonds is 3. The van der Waals surface area contributed by atoms with Gasteiger partial charge in [-0.15, -0.1) is 0 Å². The van der Waals surface area contributed by atoms with Gasteiger partial charge in [0.25, 0.3) is 0 Å². The summed E-state index contributed by atoms with van der Waals surface area (Å²) in [4.78, 5) is 21.9. The Bertz CT molecular complexity index is 319. The second kappa shape index (κ2) is 3.40. The van der Waals surface area contributed by atoms with Gasteiger partial charge in [-0.2, -0.15) is 0 Å². The first-order chi connectivity index (χ1) is 5.65. The lowest BCUT2D eigenvalue weighted by Crippen LogP contribution is -2.31. The zero-order chi connectivity index (χ0) is 9.14. The van der Waals surface area contributed by atoms with Gasteiger partial charge in [-0.05, 0) is 12.5 Å². The molecule has 68 valence electrons. The minimum Gasteiger partial charge on any atom is -0.330 e. The SMILES string of the molecule is CC(CN)Cn1c(=O)[nH][nH]c1=O. The van der Waals surface area contributed by atoms with Crippen molar-refractivity contribution in [1.29, 1.82) is 0 Å². The smallest absolute Gasteiger partial charge is 0.330 e. The van der Waals surface area contributed by atoms with Crippen molar-refractivity contribution in [3.8, 4) is 0 Å². The molecule has 1 aromatic heterocycles. The van der Waals surface area contributed by atoms with Gasteiger partial charge >= 0.3 is 11.4 Å². The van der Waals surface area contributed by atoms with Gasteiger partial charge < -0.3 is 5.73 Å². The van der Waals surface area contributed by atoms with Crippen LogP contribution in [-0.2, 0) is 6.54 Å². The fraction of sp³-hybridized carbons (Fsp3) is 0.667. The molecule has 1 atom stereocenters. The third kappa shape index (κ3) is 1.65. The third-order valence-corrected chi connectivity index (χ3v) is 1.66. The summed E-state index contributed by atoms with van der Waals surface area (Å²) in [7, 11) is 0. The van der Waals surface area contributed by atoms with Crippen molar-refractivity contribution in [1.82, 2.24) is 14.8 Å². The number of nitrogens with two attached hydrogens (primary N) is 1. The summed E-state index contributed by atoms with van der Waals surface area (Å²) in [5.41, 5.74) is 4.52. The van der Waals surface area contributed by atoms with E-state index in [0.717, 1.165) is 4.57 Å². The lowest BCUT2D eigenvalue weighted by Gasteiger charge is -2.05. The Labute approximate surface area is 68.4 Å². The molecule has 0 aliphatic carbocycles. The summed E-state index contributed by atoms with van der Waals surface area (Å²) in [5.74, 6) is 0.125. The molecule has 6 nitrogen and oxygen atoms in total. The summed E-state index contributed by atoms with van der Waals surface area (Å²) < 4.78 is 1.09. The maximum atomic E-state index is 10.9. The summed E-state index contributed by atoms with van der Waals surface area (Å²) in [6, 6.07) is 0. The molecular weight excluding hydrogens is 160 g/mol. The summed E-state index contributed by atoms with van der Waals surface area (Å²) >= 11 is 0. The van der Waals surface area contributed by atoms with Crippen LogP contribution < -0.4 is 17.1 Å². The summed E-state index contributed by atoms with van der Waals surface area (Å²) in [5, 5.41) is 4.39. The highest BCUT2D eigenvalue weighted by Gasteiger charge is 2.06. The Morgan fingerprint density at radius 2 is 1.92 bits per heavy atom. The topological polar surface area (TPSA) is 96.7 Å². The number of hydrogen-bond acceptors (Lipinski definition) is 3. The average molecular weight is 172 g/mol. The zero-order valence-electron chi connectivity index (χ0n) is 6.83. The van der Waals surface area contributed by atoms with Crippen molar-refractivity contribution in [3.63, 3.8) is 0 Å². The molecular formula is C6H12N4O2. The van der Waals surface area contributed by atoms with Crippen LogP contribution in [0.15, 0.2) is 9.59 Å². The van der Waals surface area contributed by atoms with Crippen molar-refractivity contribution in [2.75, 3.05) is 6.54 Å². The van der Waals surface area contributed by atoms with Crippen molar-refractivity contribution >= 4 is 0 Å². The Morgan fingerprint density at radius 3 is 2.33 bits per heavy atom. The molecule has 0 aromatic carbocycles. The Morgan fingerprint density at radius 1 is 1.42 bits per heavy atom. The van der Waals surface area contributed by atoms with Crippen molar-refractivity contribution in [2.45, 2.75) is 13.5 Å². The van der Waals surface area contributed by atoms with E-state index in [-0.39, 0.29) is 5.92 Å². The van der Waals surface area contributed by atoms with Crippen molar-refractivity contribution < 1.29 is 0 Å². The summed E-state index contributed by atoms with van der Waals surface area (Å²) in [6.07, 6.45) is 0. The highest BCUT2D eigenvalue weighted by molar-refractivity contribution is 4.67. The highest BCUT2D eigenvalue weighted by atomic mass is 16.2. The van der Waals surface area contributed by atoms with Crippen LogP contribution >= 0.6 is 0 Å². The third-order valence-electron chi connectivity index (χ3n) is 1.66. The van der Waals surface area contributed by atoms with E-state index in [4.69, 9.17) is 5.73 Å². The Hall–Kier alpha value is -1.30. The van der Waals surface area contributed by atoms with E-state index in [1.54, 1.807) is 0 Å². The molecule has 1 rings (SSSR count). The lowest BCUT2D eigenvalue weighted by molar-refractivity contribution is 0.474. The second-order valence-electron chi connectivity index (χ2n) is 2.81. The molecule has 0 bridgehead atoms. The van der Waals surface area contributed by atoms with Crippen LogP contribution in [0.4, 0.5) is 0 Å². The molecule has 1 heterocycles. The number of aromatic amines is 2. The van der Waals surface area contributed by atoms with E-state index in [1.807, 2.05) is 6.92 Å². The van der Waals surface area contributed by atoms with Crippen LogP contribution in [-0.4, -0.2) is 21.3 Å². The van der Waals surface area contributed by atoms with E-state index >= 15 is 0 Å². The zero-order valence-corrected chi connectivity index (χ0v) is 6.83. The first kappa shape index (κ1) is 8.79. The fourth-order valence-corrected chi connectivity index (χ4v) is 0.886. The standard InChI is InChI=1S/C6H12N4O2/c1-4(2-7)3-10-5(11)8-9-6(10)12/h4H,2-3,7H2,1H3,(H,8,11)(H,9,12). The fourth-order valence-electron chi connectivity index (χ4n) is 0.886. The number of hydrogen-bond donors (Lipinski definition) is 3. The van der Waals surface area contributed by atoms with Crippen molar-refractivity contribution in [3.05, 3.63) is 21.0 Å². The van der Waals surface area contributed by atoms with Gasteiger partial charge in [-0.3, -0.25) is 0 Å². The van der Waals surface area contributed by atoms with Gasteiger partial charge in [0, 0.05) is 6.54 Å². The largest absolute Gasteiger partial charge is 0.344 e. The number of nitrogens with one attached hydrogen (secondary N) is 2. The average Bonchev–Trinajstić information content (AvgIpc) is 2.35. The van der Waals surface area contributed by atoms with Gasteiger partial charge in [0.1, 0.15) is 0 Å². The maximum absolute atomic E-state index is 10.9. The molecule has 6 heteroatoms. The van der Waals surface area contributed by atoms with E-state index in [9.17, 15) is 9.59 Å². The van der Waals surface area contributed by atoms with Gasteiger partial charge in [0.2, 0.25) is 0 Å². The van der Waals surface area contributed by atoms with Gasteiger partial charge in [-0.1, -0.05) is 6.92 Å². The van der Waals surface area contributed by atoms with Crippen LogP contribution in [0.1, 0.15) is 6.92 Å². The van der Waals surface area contributed by atoms with Gasteiger partial charge in [0.15, 0.2) is 0 Å². The molecule has 4 N–H and O–H groups in total. The molecule has 0 saturated heterocycles. The van der Waals surface area contributed by atoms with Gasteiger partial charge in [0.05, 0.1) is 0 Å². The first-order valence-corrected chi connectivity index (χ1v) is 3.72. The molecule has 0 aliphatic heterocycles. The van der Waals surface area contributed by atoms with E-state index in [0.29, 0.717) is 13.1 Å². The molecule has 0 fully saturated rings.